The van der Waals surface area contributed by atoms with Gasteiger partial charge in [-0.05, 0) is 67.4 Å². The van der Waals surface area contributed by atoms with Gasteiger partial charge < -0.3 is 14.8 Å². The standard InChI is InChI=1S/C20H23N3O4/c1-3-13-27-18-11-7-16(8-12-18)22-19(24)20(25)23-21-14-15-5-9-17(10-6-15)26-4-2/h5-12,14H,3-4,13H2,1-2H3,(H,22,24)(H,23,25)/b21-14-. The molecule has 2 aromatic rings. The third-order valence-electron chi connectivity index (χ3n) is 3.36. The van der Waals surface area contributed by atoms with Gasteiger partial charge in [-0.3, -0.25) is 9.59 Å². The predicted molar refractivity (Wildman–Crippen MR) is 104 cm³/mol. The van der Waals surface area contributed by atoms with Crippen LogP contribution in [-0.4, -0.2) is 31.2 Å². The number of hydrogen-bond donors (Lipinski definition) is 2. The molecule has 7 nitrogen and oxygen atoms in total. The molecule has 0 saturated carbocycles. The highest BCUT2D eigenvalue weighted by molar-refractivity contribution is 6.39. The fraction of sp³-hybridized carbons (Fsp3) is 0.250. The minimum absolute atomic E-state index is 0.495. The lowest BCUT2D eigenvalue weighted by Gasteiger charge is -2.07. The zero-order valence-electron chi connectivity index (χ0n) is 15.4. The second kappa shape index (κ2) is 10.6. The van der Waals surface area contributed by atoms with E-state index in [4.69, 9.17) is 9.47 Å². The van der Waals surface area contributed by atoms with Crippen LogP contribution < -0.4 is 20.2 Å². The predicted octanol–water partition coefficient (Wildman–Crippen LogP) is 2.96. The molecule has 0 unspecified atom stereocenters. The highest BCUT2D eigenvalue weighted by Crippen LogP contribution is 2.15. The van der Waals surface area contributed by atoms with Crippen LogP contribution in [0.2, 0.25) is 0 Å². The van der Waals surface area contributed by atoms with E-state index >= 15 is 0 Å². The number of rotatable bonds is 8. The second-order valence-corrected chi connectivity index (χ2v) is 5.53. The quantitative estimate of drug-likeness (QED) is 0.425. The number of anilines is 1. The van der Waals surface area contributed by atoms with Crippen molar-refractivity contribution in [2.24, 2.45) is 5.10 Å². The van der Waals surface area contributed by atoms with Gasteiger partial charge in [0.2, 0.25) is 0 Å². The van der Waals surface area contributed by atoms with Crippen LogP contribution >= 0.6 is 0 Å². The molecule has 142 valence electrons. The highest BCUT2D eigenvalue weighted by Gasteiger charge is 2.12. The maximum Gasteiger partial charge on any atom is 0.329 e. The number of carbonyl (C=O) groups is 2. The van der Waals surface area contributed by atoms with Crippen molar-refractivity contribution in [3.05, 3.63) is 54.1 Å². The van der Waals surface area contributed by atoms with Gasteiger partial charge in [-0.2, -0.15) is 5.10 Å². The first-order valence-corrected chi connectivity index (χ1v) is 8.72. The molecule has 2 amide bonds. The van der Waals surface area contributed by atoms with Crippen LogP contribution in [0.15, 0.2) is 53.6 Å². The molecule has 0 fully saturated rings. The van der Waals surface area contributed by atoms with E-state index in [1.54, 1.807) is 48.5 Å². The van der Waals surface area contributed by atoms with Crippen LogP contribution in [0.1, 0.15) is 25.8 Å². The summed E-state index contributed by atoms with van der Waals surface area (Å²) in [4.78, 5) is 23.7. The molecule has 0 bridgehead atoms. The van der Waals surface area contributed by atoms with Crippen LogP contribution in [0.4, 0.5) is 5.69 Å². The van der Waals surface area contributed by atoms with E-state index in [0.29, 0.717) is 24.7 Å². The number of ether oxygens (including phenoxy) is 2. The average molecular weight is 369 g/mol. The molecule has 2 aromatic carbocycles. The van der Waals surface area contributed by atoms with Gasteiger partial charge in [0.05, 0.1) is 19.4 Å². The molecular weight excluding hydrogens is 346 g/mol. The maximum atomic E-state index is 11.9. The van der Waals surface area contributed by atoms with Gasteiger partial charge >= 0.3 is 11.8 Å². The Kier molecular flexibility index (Phi) is 7.84. The molecule has 0 aliphatic rings. The topological polar surface area (TPSA) is 89.0 Å². The van der Waals surface area contributed by atoms with Crippen molar-refractivity contribution in [1.82, 2.24) is 5.43 Å². The molecule has 2 rings (SSSR count). The molecule has 2 N–H and O–H groups in total. The lowest BCUT2D eigenvalue weighted by Crippen LogP contribution is -2.32. The zero-order valence-corrected chi connectivity index (χ0v) is 15.4. The molecule has 0 radical (unpaired) electrons. The summed E-state index contributed by atoms with van der Waals surface area (Å²) in [5.74, 6) is -0.201. The van der Waals surface area contributed by atoms with Gasteiger partial charge in [-0.1, -0.05) is 6.92 Å². The van der Waals surface area contributed by atoms with Crippen molar-refractivity contribution in [2.45, 2.75) is 20.3 Å². The van der Waals surface area contributed by atoms with Gasteiger partial charge in [0.1, 0.15) is 11.5 Å². The Balaban J connectivity index is 1.81. The SMILES string of the molecule is CCCOc1ccc(NC(=O)C(=O)N/N=C\c2ccc(OCC)cc2)cc1. The molecule has 0 aliphatic heterocycles. The number of hydrogen-bond acceptors (Lipinski definition) is 5. The lowest BCUT2D eigenvalue weighted by atomic mass is 10.2. The Morgan fingerprint density at radius 3 is 2.19 bits per heavy atom. The smallest absolute Gasteiger partial charge is 0.329 e. The Hall–Kier alpha value is -3.35. The summed E-state index contributed by atoms with van der Waals surface area (Å²) in [6, 6.07) is 14.0. The van der Waals surface area contributed by atoms with Crippen molar-refractivity contribution in [3.8, 4) is 11.5 Å². The summed E-state index contributed by atoms with van der Waals surface area (Å²) in [6.45, 7) is 5.14. The summed E-state index contributed by atoms with van der Waals surface area (Å²) in [6.07, 6.45) is 2.36. The minimum atomic E-state index is -0.858. The first-order valence-electron chi connectivity index (χ1n) is 8.72. The fourth-order valence-corrected chi connectivity index (χ4v) is 2.08. The summed E-state index contributed by atoms with van der Waals surface area (Å²) in [7, 11) is 0. The maximum absolute atomic E-state index is 11.9. The number of nitrogens with one attached hydrogen (secondary N) is 2. The second-order valence-electron chi connectivity index (χ2n) is 5.53. The molecule has 7 heteroatoms. The van der Waals surface area contributed by atoms with Gasteiger partial charge in [-0.25, -0.2) is 5.43 Å². The van der Waals surface area contributed by atoms with Crippen molar-refractivity contribution in [2.75, 3.05) is 18.5 Å². The van der Waals surface area contributed by atoms with Crippen LogP contribution in [-0.2, 0) is 9.59 Å². The molecule has 0 heterocycles. The van der Waals surface area contributed by atoms with Crippen molar-refractivity contribution >= 4 is 23.7 Å². The molecule has 0 aliphatic carbocycles. The van der Waals surface area contributed by atoms with E-state index in [-0.39, 0.29) is 0 Å². The number of amides is 2. The minimum Gasteiger partial charge on any atom is -0.494 e. The summed E-state index contributed by atoms with van der Waals surface area (Å²) in [5.41, 5.74) is 3.45. The van der Waals surface area contributed by atoms with Crippen molar-refractivity contribution < 1.29 is 19.1 Å². The van der Waals surface area contributed by atoms with Crippen molar-refractivity contribution in [3.63, 3.8) is 0 Å². The first-order chi connectivity index (χ1) is 13.1. The van der Waals surface area contributed by atoms with E-state index in [1.165, 1.54) is 6.21 Å². The summed E-state index contributed by atoms with van der Waals surface area (Å²) >= 11 is 0. The fourth-order valence-electron chi connectivity index (χ4n) is 2.08. The van der Waals surface area contributed by atoms with Gasteiger partial charge in [0, 0.05) is 5.69 Å². The van der Waals surface area contributed by atoms with E-state index in [1.807, 2.05) is 13.8 Å². The Bertz CT molecular complexity index is 771. The van der Waals surface area contributed by atoms with Gasteiger partial charge in [0.15, 0.2) is 0 Å². The van der Waals surface area contributed by atoms with Crippen LogP contribution in [0.5, 0.6) is 11.5 Å². The number of nitrogens with zero attached hydrogens (tertiary/aromatic N) is 1. The number of hydrazone groups is 1. The first kappa shape index (κ1) is 20.0. The summed E-state index contributed by atoms with van der Waals surface area (Å²) in [5, 5.41) is 6.28. The third-order valence-corrected chi connectivity index (χ3v) is 3.36. The lowest BCUT2D eigenvalue weighted by molar-refractivity contribution is -0.136. The Labute approximate surface area is 158 Å². The molecule has 27 heavy (non-hydrogen) atoms. The third kappa shape index (κ3) is 6.81. The number of benzene rings is 2. The average Bonchev–Trinajstić information content (AvgIpc) is 2.69. The highest BCUT2D eigenvalue weighted by atomic mass is 16.5. The van der Waals surface area contributed by atoms with Crippen LogP contribution in [0.25, 0.3) is 0 Å². The monoisotopic (exact) mass is 369 g/mol. The zero-order chi connectivity index (χ0) is 19.5. The van der Waals surface area contributed by atoms with Crippen LogP contribution in [0, 0.1) is 0 Å². The molecule has 0 spiro atoms. The van der Waals surface area contributed by atoms with E-state index in [2.05, 4.69) is 15.8 Å². The Morgan fingerprint density at radius 1 is 0.926 bits per heavy atom. The Morgan fingerprint density at radius 2 is 1.56 bits per heavy atom. The van der Waals surface area contributed by atoms with Gasteiger partial charge in [-0.15, -0.1) is 0 Å². The largest absolute Gasteiger partial charge is 0.494 e. The molecule has 0 saturated heterocycles. The van der Waals surface area contributed by atoms with Crippen molar-refractivity contribution in [1.29, 1.82) is 0 Å². The van der Waals surface area contributed by atoms with E-state index in [9.17, 15) is 9.59 Å². The molecule has 0 atom stereocenters. The van der Waals surface area contributed by atoms with Crippen LogP contribution in [0.3, 0.4) is 0 Å². The normalized spacial score (nSPS) is 10.4. The summed E-state index contributed by atoms with van der Waals surface area (Å²) < 4.78 is 10.8. The molecular formula is C20H23N3O4. The number of carbonyl (C=O) groups excluding carboxylic acids is 2. The van der Waals surface area contributed by atoms with E-state index < -0.39 is 11.8 Å². The van der Waals surface area contributed by atoms with Gasteiger partial charge in [0.25, 0.3) is 0 Å². The van der Waals surface area contributed by atoms with E-state index in [0.717, 1.165) is 17.7 Å². The molecule has 0 aromatic heterocycles.